The van der Waals surface area contributed by atoms with Crippen LogP contribution in [-0.4, -0.2) is 56.7 Å². The number of aliphatic hydroxyl groups excluding tert-OH is 2. The summed E-state index contributed by atoms with van der Waals surface area (Å²) in [6, 6.07) is 7.46. The van der Waals surface area contributed by atoms with Gasteiger partial charge >= 0.3 is 0 Å². The van der Waals surface area contributed by atoms with Crippen LogP contribution in [0, 0.1) is 0 Å². The van der Waals surface area contributed by atoms with Crippen molar-refractivity contribution >= 4 is 28.5 Å². The van der Waals surface area contributed by atoms with Gasteiger partial charge in [0.1, 0.15) is 42.2 Å². The maximum absolute atomic E-state index is 10.8. The molecule has 5 atom stereocenters. The van der Waals surface area contributed by atoms with E-state index in [0.717, 1.165) is 22.9 Å². The summed E-state index contributed by atoms with van der Waals surface area (Å²) in [5.74, 6) is 0.680. The molecule has 0 saturated carbocycles. The molecule has 0 unspecified atom stereocenters. The highest BCUT2D eigenvalue weighted by atomic mass is 35.5. The van der Waals surface area contributed by atoms with Crippen LogP contribution in [0.15, 0.2) is 36.8 Å². The fourth-order valence-corrected chi connectivity index (χ4v) is 4.46. The SMILES string of the molecule is CNc1ncnc2c1ccn2[C@@H]1O[C@H]([C@@H]2OCCc3cc(Cl)ccc32)[C@@H](O)[C@H]1O. The highest BCUT2D eigenvalue weighted by Gasteiger charge is 2.49. The second kappa shape index (κ2) is 7.23. The summed E-state index contributed by atoms with van der Waals surface area (Å²) in [6.07, 6.45) is -0.295. The number of nitrogens with zero attached hydrogens (tertiary/aromatic N) is 3. The molecule has 9 heteroatoms. The summed E-state index contributed by atoms with van der Waals surface area (Å²) in [5.41, 5.74) is 2.60. The summed E-state index contributed by atoms with van der Waals surface area (Å²) in [7, 11) is 1.78. The van der Waals surface area contributed by atoms with Gasteiger partial charge in [-0.3, -0.25) is 0 Å². The average molecular weight is 417 g/mol. The van der Waals surface area contributed by atoms with Gasteiger partial charge in [-0.05, 0) is 35.7 Å². The Kier molecular flexibility index (Phi) is 4.68. The van der Waals surface area contributed by atoms with E-state index in [0.29, 0.717) is 23.1 Å². The fourth-order valence-electron chi connectivity index (χ4n) is 4.27. The summed E-state index contributed by atoms with van der Waals surface area (Å²) in [5, 5.41) is 26.1. The zero-order valence-electron chi connectivity index (χ0n) is 15.7. The molecule has 0 bridgehead atoms. The molecule has 0 spiro atoms. The van der Waals surface area contributed by atoms with Crippen molar-refractivity contribution in [3.63, 3.8) is 0 Å². The number of fused-ring (bicyclic) bond motifs is 2. The van der Waals surface area contributed by atoms with Gasteiger partial charge in [-0.25, -0.2) is 9.97 Å². The number of nitrogens with one attached hydrogen (secondary N) is 1. The molecule has 0 amide bonds. The number of benzene rings is 1. The number of rotatable bonds is 3. The average Bonchev–Trinajstić information content (AvgIpc) is 3.28. The molecule has 152 valence electrons. The Bertz CT molecular complexity index is 1060. The zero-order chi connectivity index (χ0) is 20.1. The molecule has 1 aromatic carbocycles. The molecule has 0 aliphatic carbocycles. The van der Waals surface area contributed by atoms with E-state index in [4.69, 9.17) is 21.1 Å². The van der Waals surface area contributed by atoms with Crippen molar-refractivity contribution in [3.05, 3.63) is 52.9 Å². The third-order valence-electron chi connectivity index (χ3n) is 5.67. The largest absolute Gasteiger partial charge is 0.387 e. The molecule has 3 N–H and O–H groups in total. The van der Waals surface area contributed by atoms with Crippen molar-refractivity contribution in [1.82, 2.24) is 14.5 Å². The monoisotopic (exact) mass is 416 g/mol. The molecule has 1 saturated heterocycles. The number of hydrogen-bond donors (Lipinski definition) is 3. The van der Waals surface area contributed by atoms with Gasteiger partial charge in [0.25, 0.3) is 0 Å². The third kappa shape index (κ3) is 2.99. The molecule has 2 aliphatic heterocycles. The zero-order valence-corrected chi connectivity index (χ0v) is 16.5. The number of aliphatic hydroxyl groups is 2. The molecule has 2 aromatic heterocycles. The van der Waals surface area contributed by atoms with Crippen LogP contribution in [-0.2, 0) is 15.9 Å². The van der Waals surface area contributed by atoms with E-state index < -0.39 is 30.6 Å². The number of ether oxygens (including phenoxy) is 2. The second-order valence-corrected chi connectivity index (χ2v) is 7.73. The molecular formula is C20H21ClN4O4. The first kappa shape index (κ1) is 18.8. The normalized spacial score (nSPS) is 29.2. The van der Waals surface area contributed by atoms with Crippen LogP contribution in [0.2, 0.25) is 5.02 Å². The van der Waals surface area contributed by atoms with Crippen molar-refractivity contribution in [2.75, 3.05) is 19.0 Å². The van der Waals surface area contributed by atoms with Gasteiger partial charge in [0.05, 0.1) is 12.0 Å². The standard InChI is InChI=1S/C20H21ClN4O4/c1-22-18-13-4-6-25(19(13)24-9-23-18)20-15(27)14(26)17(29-20)16-12-3-2-11(21)8-10(12)5-7-28-16/h2-4,6,8-9,14-17,20,26-27H,5,7H2,1H3,(H,22,23,24)/t14-,15+,16+,17-,20+/m0/s1. The highest BCUT2D eigenvalue weighted by Crippen LogP contribution is 2.41. The number of halogens is 1. The van der Waals surface area contributed by atoms with Crippen LogP contribution in [0.25, 0.3) is 11.0 Å². The molecule has 2 aliphatic rings. The topological polar surface area (TPSA) is 102 Å². The number of hydrogen-bond acceptors (Lipinski definition) is 7. The van der Waals surface area contributed by atoms with Gasteiger partial charge in [-0.15, -0.1) is 0 Å². The molecule has 4 heterocycles. The maximum atomic E-state index is 10.8. The van der Waals surface area contributed by atoms with E-state index in [1.807, 2.05) is 18.2 Å². The molecule has 0 radical (unpaired) electrons. The number of anilines is 1. The minimum absolute atomic E-state index is 0.491. The molecule has 8 nitrogen and oxygen atoms in total. The van der Waals surface area contributed by atoms with E-state index in [9.17, 15) is 10.2 Å². The summed E-state index contributed by atoms with van der Waals surface area (Å²) in [4.78, 5) is 8.53. The Labute approximate surface area is 172 Å². The summed E-state index contributed by atoms with van der Waals surface area (Å²) in [6.45, 7) is 0.497. The Morgan fingerprint density at radius 3 is 2.90 bits per heavy atom. The lowest BCUT2D eigenvalue weighted by molar-refractivity contribution is -0.113. The minimum atomic E-state index is -1.13. The lowest BCUT2D eigenvalue weighted by Gasteiger charge is -2.31. The minimum Gasteiger partial charge on any atom is -0.387 e. The van der Waals surface area contributed by atoms with E-state index in [2.05, 4.69) is 15.3 Å². The van der Waals surface area contributed by atoms with Crippen molar-refractivity contribution in [3.8, 4) is 0 Å². The van der Waals surface area contributed by atoms with Crippen LogP contribution in [0.1, 0.15) is 23.5 Å². The van der Waals surface area contributed by atoms with E-state index in [-0.39, 0.29) is 0 Å². The first-order chi connectivity index (χ1) is 14.1. The van der Waals surface area contributed by atoms with Crippen LogP contribution in [0.3, 0.4) is 0 Å². The van der Waals surface area contributed by atoms with Gasteiger partial charge in [-0.1, -0.05) is 17.7 Å². The molecule has 3 aromatic rings. The van der Waals surface area contributed by atoms with Crippen molar-refractivity contribution in [1.29, 1.82) is 0 Å². The van der Waals surface area contributed by atoms with Crippen LogP contribution in [0.5, 0.6) is 0 Å². The quantitative estimate of drug-likeness (QED) is 0.600. The van der Waals surface area contributed by atoms with E-state index >= 15 is 0 Å². The Morgan fingerprint density at radius 2 is 2.07 bits per heavy atom. The lowest BCUT2D eigenvalue weighted by Crippen LogP contribution is -2.37. The lowest BCUT2D eigenvalue weighted by atomic mass is 9.92. The van der Waals surface area contributed by atoms with Gasteiger partial charge in [0.15, 0.2) is 6.23 Å². The van der Waals surface area contributed by atoms with Gasteiger partial charge < -0.3 is 29.6 Å². The first-order valence-corrected chi connectivity index (χ1v) is 9.87. The molecule has 29 heavy (non-hydrogen) atoms. The fraction of sp³-hybridized carbons (Fsp3) is 0.400. The summed E-state index contributed by atoms with van der Waals surface area (Å²) < 4.78 is 13.8. The van der Waals surface area contributed by atoms with Crippen LogP contribution < -0.4 is 5.32 Å². The second-order valence-electron chi connectivity index (χ2n) is 7.29. The van der Waals surface area contributed by atoms with E-state index in [1.54, 1.807) is 23.9 Å². The molecular weight excluding hydrogens is 396 g/mol. The van der Waals surface area contributed by atoms with Crippen molar-refractivity contribution in [2.24, 2.45) is 0 Å². The van der Waals surface area contributed by atoms with E-state index in [1.165, 1.54) is 6.33 Å². The van der Waals surface area contributed by atoms with Crippen molar-refractivity contribution < 1.29 is 19.7 Å². The van der Waals surface area contributed by atoms with Crippen LogP contribution in [0.4, 0.5) is 5.82 Å². The number of aromatic nitrogens is 3. The Hall–Kier alpha value is -2.23. The smallest absolute Gasteiger partial charge is 0.164 e. The molecule has 5 rings (SSSR count). The predicted octanol–water partition coefficient (Wildman–Crippen LogP) is 2.06. The maximum Gasteiger partial charge on any atom is 0.164 e. The Morgan fingerprint density at radius 1 is 1.21 bits per heavy atom. The Balaban J connectivity index is 1.50. The van der Waals surface area contributed by atoms with Crippen molar-refractivity contribution in [2.45, 2.75) is 37.1 Å². The highest BCUT2D eigenvalue weighted by molar-refractivity contribution is 6.30. The summed E-state index contributed by atoms with van der Waals surface area (Å²) >= 11 is 6.12. The van der Waals surface area contributed by atoms with Crippen LogP contribution >= 0.6 is 11.6 Å². The van der Waals surface area contributed by atoms with Gasteiger partial charge in [0.2, 0.25) is 0 Å². The third-order valence-corrected chi connectivity index (χ3v) is 5.91. The van der Waals surface area contributed by atoms with Gasteiger partial charge in [0, 0.05) is 18.3 Å². The predicted molar refractivity (Wildman–Crippen MR) is 107 cm³/mol. The van der Waals surface area contributed by atoms with Gasteiger partial charge in [-0.2, -0.15) is 0 Å². The molecule has 1 fully saturated rings. The first-order valence-electron chi connectivity index (χ1n) is 9.49.